The molecule has 2 aliphatic rings. The predicted octanol–water partition coefficient (Wildman–Crippen LogP) is 3.80. The number of benzene rings is 2. The molecule has 1 saturated heterocycles. The van der Waals surface area contributed by atoms with E-state index in [-0.39, 0.29) is 30.3 Å². The van der Waals surface area contributed by atoms with Crippen molar-refractivity contribution >= 4 is 5.91 Å². The highest BCUT2D eigenvalue weighted by Crippen LogP contribution is 2.37. The van der Waals surface area contributed by atoms with E-state index in [1.165, 1.54) is 12.1 Å². The number of ether oxygens (including phenoxy) is 2. The Hall–Kier alpha value is -3.35. The molecular weight excluding hydrogens is 351 g/mol. The van der Waals surface area contributed by atoms with Gasteiger partial charge in [-0.2, -0.15) is 0 Å². The second-order valence-electron chi connectivity index (χ2n) is 6.50. The van der Waals surface area contributed by atoms with Gasteiger partial charge in [0.05, 0.1) is 6.04 Å². The number of hydrogen-bond acceptors (Lipinski definition) is 5. The molecule has 136 valence electrons. The zero-order valence-corrected chi connectivity index (χ0v) is 14.2. The van der Waals surface area contributed by atoms with Crippen LogP contribution in [-0.4, -0.2) is 29.3 Å². The summed E-state index contributed by atoms with van der Waals surface area (Å²) >= 11 is 0. The average Bonchev–Trinajstić information content (AvgIpc) is 3.29. The first-order valence-electron chi connectivity index (χ1n) is 8.62. The molecule has 3 heterocycles. The molecule has 1 atom stereocenters. The standard InChI is InChI=1S/C20H15FN2O4/c21-14-3-1-2-12(8-14)16-6-7-23(16)20(24)15-10-18(27-22-15)13-4-5-17-19(9-13)26-11-25-17/h1-5,8-10,16H,6-7,11H2. The smallest absolute Gasteiger partial charge is 0.276 e. The number of nitrogens with zero attached hydrogens (tertiary/aromatic N) is 2. The number of aromatic nitrogens is 1. The highest BCUT2D eigenvalue weighted by molar-refractivity contribution is 5.94. The van der Waals surface area contributed by atoms with E-state index >= 15 is 0 Å². The van der Waals surface area contributed by atoms with Crippen molar-refractivity contribution in [3.05, 3.63) is 65.6 Å². The Balaban J connectivity index is 1.37. The van der Waals surface area contributed by atoms with Crippen LogP contribution in [0.2, 0.25) is 0 Å². The van der Waals surface area contributed by atoms with E-state index in [0.29, 0.717) is 23.8 Å². The Morgan fingerprint density at radius 1 is 1.11 bits per heavy atom. The summed E-state index contributed by atoms with van der Waals surface area (Å²) in [7, 11) is 0. The summed E-state index contributed by atoms with van der Waals surface area (Å²) in [5.74, 6) is 1.24. The van der Waals surface area contributed by atoms with Gasteiger partial charge in [-0.3, -0.25) is 4.79 Å². The number of halogens is 1. The highest BCUT2D eigenvalue weighted by atomic mass is 19.1. The monoisotopic (exact) mass is 366 g/mol. The minimum atomic E-state index is -0.307. The lowest BCUT2D eigenvalue weighted by molar-refractivity contribution is 0.0449. The normalized spacial score (nSPS) is 17.7. The largest absolute Gasteiger partial charge is 0.454 e. The summed E-state index contributed by atoms with van der Waals surface area (Å²) in [6.45, 7) is 0.793. The van der Waals surface area contributed by atoms with Crippen molar-refractivity contribution in [2.45, 2.75) is 12.5 Å². The van der Waals surface area contributed by atoms with Gasteiger partial charge >= 0.3 is 0 Å². The van der Waals surface area contributed by atoms with Gasteiger partial charge in [0.1, 0.15) is 5.82 Å². The fraction of sp³-hybridized carbons (Fsp3) is 0.200. The lowest BCUT2D eigenvalue weighted by Crippen LogP contribution is -2.45. The second kappa shape index (κ2) is 6.12. The van der Waals surface area contributed by atoms with Crippen LogP contribution in [0.3, 0.4) is 0 Å². The summed E-state index contributed by atoms with van der Waals surface area (Å²) < 4.78 is 29.5. The summed E-state index contributed by atoms with van der Waals surface area (Å²) in [4.78, 5) is 14.5. The van der Waals surface area contributed by atoms with Crippen molar-refractivity contribution in [3.8, 4) is 22.8 Å². The molecule has 2 aliphatic heterocycles. The minimum absolute atomic E-state index is 0.140. The zero-order chi connectivity index (χ0) is 18.4. The van der Waals surface area contributed by atoms with E-state index in [9.17, 15) is 9.18 Å². The van der Waals surface area contributed by atoms with Gasteiger partial charge in [-0.1, -0.05) is 17.3 Å². The van der Waals surface area contributed by atoms with Crippen LogP contribution in [0.25, 0.3) is 11.3 Å². The van der Waals surface area contributed by atoms with Gasteiger partial charge in [0.2, 0.25) is 6.79 Å². The quantitative estimate of drug-likeness (QED) is 0.706. The third-order valence-electron chi connectivity index (χ3n) is 4.90. The predicted molar refractivity (Wildman–Crippen MR) is 92.9 cm³/mol. The van der Waals surface area contributed by atoms with Gasteiger partial charge < -0.3 is 18.9 Å². The van der Waals surface area contributed by atoms with Crippen LogP contribution >= 0.6 is 0 Å². The van der Waals surface area contributed by atoms with Gasteiger partial charge in [-0.05, 0) is 42.3 Å². The van der Waals surface area contributed by atoms with Crippen LogP contribution in [0, 0.1) is 5.82 Å². The number of hydrogen-bond donors (Lipinski definition) is 0. The second-order valence-corrected chi connectivity index (χ2v) is 6.50. The van der Waals surface area contributed by atoms with Gasteiger partial charge in [0, 0.05) is 18.2 Å². The Morgan fingerprint density at radius 2 is 2.00 bits per heavy atom. The molecular formula is C20H15FN2O4. The van der Waals surface area contributed by atoms with Gasteiger partial charge in [-0.15, -0.1) is 0 Å². The Labute approximate surface area is 154 Å². The maximum atomic E-state index is 13.5. The fourth-order valence-corrected chi connectivity index (χ4v) is 3.40. The molecule has 1 unspecified atom stereocenters. The third kappa shape index (κ3) is 2.71. The third-order valence-corrected chi connectivity index (χ3v) is 4.90. The van der Waals surface area contributed by atoms with E-state index < -0.39 is 0 Å². The molecule has 27 heavy (non-hydrogen) atoms. The SMILES string of the molecule is O=C(c1cc(-c2ccc3c(c2)OCO3)on1)N1CCC1c1cccc(F)c1. The van der Waals surface area contributed by atoms with Crippen molar-refractivity contribution in [1.82, 2.24) is 10.1 Å². The molecule has 7 heteroatoms. The number of carbonyl (C=O) groups is 1. The number of rotatable bonds is 3. The summed E-state index contributed by atoms with van der Waals surface area (Å²) in [5.41, 5.74) is 1.76. The van der Waals surface area contributed by atoms with Crippen molar-refractivity contribution in [2.24, 2.45) is 0 Å². The van der Waals surface area contributed by atoms with E-state index in [1.807, 2.05) is 12.1 Å². The number of fused-ring (bicyclic) bond motifs is 1. The van der Waals surface area contributed by atoms with Crippen LogP contribution in [0.1, 0.15) is 28.5 Å². The minimum Gasteiger partial charge on any atom is -0.454 e. The van der Waals surface area contributed by atoms with Crippen molar-refractivity contribution in [2.75, 3.05) is 13.3 Å². The highest BCUT2D eigenvalue weighted by Gasteiger charge is 2.35. The molecule has 1 fully saturated rings. The van der Waals surface area contributed by atoms with E-state index in [1.54, 1.807) is 29.2 Å². The molecule has 0 radical (unpaired) electrons. The molecule has 0 saturated carbocycles. The lowest BCUT2D eigenvalue weighted by atomic mass is 9.94. The van der Waals surface area contributed by atoms with Crippen molar-refractivity contribution < 1.29 is 23.2 Å². The Bertz CT molecular complexity index is 1030. The summed E-state index contributed by atoms with van der Waals surface area (Å²) in [5, 5.41) is 3.92. The van der Waals surface area contributed by atoms with Crippen molar-refractivity contribution in [3.63, 3.8) is 0 Å². The molecule has 0 N–H and O–H groups in total. The van der Waals surface area contributed by atoms with Crippen LogP contribution in [0.15, 0.2) is 53.1 Å². The molecule has 2 aromatic carbocycles. The molecule has 6 nitrogen and oxygen atoms in total. The number of amides is 1. The zero-order valence-electron chi connectivity index (χ0n) is 14.2. The maximum absolute atomic E-state index is 13.5. The van der Waals surface area contributed by atoms with E-state index in [2.05, 4.69) is 5.16 Å². The molecule has 0 spiro atoms. The first-order valence-corrected chi connectivity index (χ1v) is 8.62. The number of likely N-dealkylation sites (tertiary alicyclic amines) is 1. The van der Waals surface area contributed by atoms with Crippen molar-refractivity contribution in [1.29, 1.82) is 0 Å². The summed E-state index contributed by atoms with van der Waals surface area (Å²) in [6, 6.07) is 13.2. The average molecular weight is 366 g/mol. The Kier molecular flexibility index (Phi) is 3.60. The van der Waals surface area contributed by atoms with Crippen LogP contribution in [-0.2, 0) is 0 Å². The van der Waals surface area contributed by atoms with E-state index in [0.717, 1.165) is 17.5 Å². The maximum Gasteiger partial charge on any atom is 0.276 e. The van der Waals surface area contributed by atoms with Crippen LogP contribution in [0.5, 0.6) is 11.5 Å². The topological polar surface area (TPSA) is 64.8 Å². The van der Waals surface area contributed by atoms with Crippen LogP contribution < -0.4 is 9.47 Å². The molecule has 1 aromatic heterocycles. The first-order chi connectivity index (χ1) is 13.2. The Morgan fingerprint density at radius 3 is 2.81 bits per heavy atom. The van der Waals surface area contributed by atoms with Gasteiger partial charge in [0.15, 0.2) is 23.0 Å². The summed E-state index contributed by atoms with van der Waals surface area (Å²) in [6.07, 6.45) is 0.794. The number of carbonyl (C=O) groups excluding carboxylic acids is 1. The first kappa shape index (κ1) is 15.9. The molecule has 0 bridgehead atoms. The fourth-order valence-electron chi connectivity index (χ4n) is 3.40. The van der Waals surface area contributed by atoms with Gasteiger partial charge in [0.25, 0.3) is 5.91 Å². The van der Waals surface area contributed by atoms with Gasteiger partial charge in [-0.25, -0.2) is 4.39 Å². The van der Waals surface area contributed by atoms with E-state index in [4.69, 9.17) is 14.0 Å². The molecule has 1 amide bonds. The lowest BCUT2D eigenvalue weighted by Gasteiger charge is -2.40. The molecule has 5 rings (SSSR count). The molecule has 3 aromatic rings. The molecule has 0 aliphatic carbocycles. The van der Waals surface area contributed by atoms with Crippen LogP contribution in [0.4, 0.5) is 4.39 Å².